The van der Waals surface area contributed by atoms with E-state index in [1.807, 2.05) is 18.5 Å². The van der Waals surface area contributed by atoms with Crippen molar-refractivity contribution in [3.8, 4) is 0 Å². The summed E-state index contributed by atoms with van der Waals surface area (Å²) in [6, 6.07) is 4.42. The highest BCUT2D eigenvalue weighted by molar-refractivity contribution is 5.80. The summed E-state index contributed by atoms with van der Waals surface area (Å²) in [4.78, 5) is 7.49. The molecule has 0 saturated carbocycles. The molecule has 15 heavy (non-hydrogen) atoms. The topological polar surface area (TPSA) is 40.7 Å². The van der Waals surface area contributed by atoms with Gasteiger partial charge in [-0.05, 0) is 30.7 Å². The highest BCUT2D eigenvalue weighted by Gasteiger charge is 2.14. The zero-order valence-corrected chi connectivity index (χ0v) is 8.40. The van der Waals surface area contributed by atoms with Crippen LogP contribution >= 0.6 is 0 Å². The summed E-state index contributed by atoms with van der Waals surface area (Å²) >= 11 is 0. The molecule has 3 rings (SSSR count). The van der Waals surface area contributed by atoms with Gasteiger partial charge >= 0.3 is 0 Å². The van der Waals surface area contributed by atoms with Crippen LogP contribution in [0.25, 0.3) is 11.0 Å². The van der Waals surface area contributed by atoms with Crippen LogP contribution in [0, 0.1) is 0 Å². The normalized spacial score (nSPS) is 20.9. The maximum atomic E-state index is 4.29. The van der Waals surface area contributed by atoms with E-state index in [1.165, 1.54) is 10.9 Å². The fraction of sp³-hybridized carbons (Fsp3) is 0.250. The average molecular weight is 199 g/mol. The number of H-pyrrole nitrogens is 1. The van der Waals surface area contributed by atoms with Gasteiger partial charge in [0.05, 0.1) is 6.04 Å². The van der Waals surface area contributed by atoms with Crippen LogP contribution in [-0.2, 0) is 0 Å². The molecule has 2 aromatic heterocycles. The van der Waals surface area contributed by atoms with E-state index in [0.29, 0.717) is 6.04 Å². The van der Waals surface area contributed by atoms with E-state index in [2.05, 4.69) is 33.5 Å². The van der Waals surface area contributed by atoms with Gasteiger partial charge in [0.15, 0.2) is 0 Å². The molecule has 0 spiro atoms. The fourth-order valence-corrected chi connectivity index (χ4v) is 2.07. The molecule has 0 aliphatic carbocycles. The molecule has 3 nitrogen and oxygen atoms in total. The van der Waals surface area contributed by atoms with E-state index in [9.17, 15) is 0 Å². The van der Waals surface area contributed by atoms with Crippen LogP contribution in [0.1, 0.15) is 18.0 Å². The number of hydrogen-bond donors (Lipinski definition) is 2. The van der Waals surface area contributed by atoms with Crippen LogP contribution in [0.5, 0.6) is 0 Å². The number of hydrogen-bond acceptors (Lipinski definition) is 2. The molecule has 0 fully saturated rings. The van der Waals surface area contributed by atoms with Gasteiger partial charge in [-0.3, -0.25) is 0 Å². The van der Waals surface area contributed by atoms with Crippen molar-refractivity contribution in [2.24, 2.45) is 0 Å². The summed E-state index contributed by atoms with van der Waals surface area (Å²) in [5, 5.41) is 4.69. The third-order valence-electron chi connectivity index (χ3n) is 2.82. The first-order chi connectivity index (χ1) is 7.45. The minimum atomic E-state index is 0.330. The molecule has 0 saturated heterocycles. The van der Waals surface area contributed by atoms with E-state index in [1.54, 1.807) is 0 Å². The van der Waals surface area contributed by atoms with E-state index >= 15 is 0 Å². The first-order valence-corrected chi connectivity index (χ1v) is 5.27. The van der Waals surface area contributed by atoms with Gasteiger partial charge < -0.3 is 10.3 Å². The third kappa shape index (κ3) is 1.45. The van der Waals surface area contributed by atoms with Crippen LogP contribution in [0.4, 0.5) is 0 Å². The second-order valence-electron chi connectivity index (χ2n) is 3.79. The van der Waals surface area contributed by atoms with Gasteiger partial charge in [0, 0.05) is 17.8 Å². The SMILES string of the molecule is C1=CC(c2c[nH]c3ncccc23)NCC1. The van der Waals surface area contributed by atoms with Crippen LogP contribution in [-0.4, -0.2) is 16.5 Å². The van der Waals surface area contributed by atoms with Crippen molar-refractivity contribution < 1.29 is 0 Å². The van der Waals surface area contributed by atoms with Crippen LogP contribution in [0.15, 0.2) is 36.7 Å². The Balaban J connectivity index is 2.10. The molecular formula is C12H13N3. The summed E-state index contributed by atoms with van der Waals surface area (Å²) in [6.07, 6.45) is 9.43. The van der Waals surface area contributed by atoms with Crippen molar-refractivity contribution in [2.75, 3.05) is 6.54 Å². The van der Waals surface area contributed by atoms with Gasteiger partial charge in [0.25, 0.3) is 0 Å². The van der Waals surface area contributed by atoms with Crippen LogP contribution in [0.2, 0.25) is 0 Å². The number of aromatic amines is 1. The van der Waals surface area contributed by atoms with E-state index in [-0.39, 0.29) is 0 Å². The Bertz CT molecular complexity index is 498. The quantitative estimate of drug-likeness (QED) is 0.691. The van der Waals surface area contributed by atoms with E-state index < -0.39 is 0 Å². The van der Waals surface area contributed by atoms with Gasteiger partial charge in [0.1, 0.15) is 5.65 Å². The number of nitrogens with zero attached hydrogens (tertiary/aromatic N) is 1. The monoisotopic (exact) mass is 199 g/mol. The van der Waals surface area contributed by atoms with Crippen molar-refractivity contribution in [3.05, 3.63) is 42.2 Å². The summed E-state index contributed by atoms with van der Waals surface area (Å²) in [6.45, 7) is 1.05. The molecule has 1 aliphatic heterocycles. The highest BCUT2D eigenvalue weighted by atomic mass is 14.9. The second-order valence-corrected chi connectivity index (χ2v) is 3.79. The van der Waals surface area contributed by atoms with Crippen molar-refractivity contribution >= 4 is 11.0 Å². The molecule has 3 heterocycles. The molecule has 3 heteroatoms. The lowest BCUT2D eigenvalue weighted by Crippen LogP contribution is -2.23. The Morgan fingerprint density at radius 3 is 3.27 bits per heavy atom. The zero-order chi connectivity index (χ0) is 10.1. The van der Waals surface area contributed by atoms with Crippen molar-refractivity contribution in [1.82, 2.24) is 15.3 Å². The van der Waals surface area contributed by atoms with Gasteiger partial charge in [-0.1, -0.05) is 12.2 Å². The average Bonchev–Trinajstić information content (AvgIpc) is 2.74. The summed E-state index contributed by atoms with van der Waals surface area (Å²) in [5.74, 6) is 0. The predicted molar refractivity (Wildman–Crippen MR) is 60.6 cm³/mol. The Hall–Kier alpha value is -1.61. The fourth-order valence-electron chi connectivity index (χ4n) is 2.07. The molecule has 0 radical (unpaired) electrons. The van der Waals surface area contributed by atoms with Gasteiger partial charge in [-0.15, -0.1) is 0 Å². The van der Waals surface area contributed by atoms with Gasteiger partial charge in [0.2, 0.25) is 0 Å². The molecule has 0 bridgehead atoms. The Kier molecular flexibility index (Phi) is 2.03. The first-order valence-electron chi connectivity index (χ1n) is 5.27. The van der Waals surface area contributed by atoms with Crippen molar-refractivity contribution in [1.29, 1.82) is 0 Å². The van der Waals surface area contributed by atoms with E-state index in [4.69, 9.17) is 0 Å². The van der Waals surface area contributed by atoms with Crippen molar-refractivity contribution in [2.45, 2.75) is 12.5 Å². The zero-order valence-electron chi connectivity index (χ0n) is 8.40. The van der Waals surface area contributed by atoms with Gasteiger partial charge in [-0.2, -0.15) is 0 Å². The van der Waals surface area contributed by atoms with Crippen LogP contribution < -0.4 is 5.32 Å². The Morgan fingerprint density at radius 1 is 1.40 bits per heavy atom. The molecule has 1 atom stereocenters. The predicted octanol–water partition coefficient (Wildman–Crippen LogP) is 2.15. The molecule has 2 aromatic rings. The number of nitrogens with one attached hydrogen (secondary N) is 2. The molecule has 0 aromatic carbocycles. The Labute approximate surface area is 88.2 Å². The molecule has 2 N–H and O–H groups in total. The lowest BCUT2D eigenvalue weighted by Gasteiger charge is -2.17. The maximum Gasteiger partial charge on any atom is 0.137 e. The minimum absolute atomic E-state index is 0.330. The first kappa shape index (κ1) is 8.68. The lowest BCUT2D eigenvalue weighted by atomic mass is 10.0. The smallest absolute Gasteiger partial charge is 0.137 e. The van der Waals surface area contributed by atoms with Crippen LogP contribution in [0.3, 0.4) is 0 Å². The molecule has 1 unspecified atom stereocenters. The Morgan fingerprint density at radius 2 is 2.40 bits per heavy atom. The van der Waals surface area contributed by atoms with E-state index in [0.717, 1.165) is 18.6 Å². The van der Waals surface area contributed by atoms with Gasteiger partial charge in [-0.25, -0.2) is 4.98 Å². The summed E-state index contributed by atoms with van der Waals surface area (Å²) in [7, 11) is 0. The largest absolute Gasteiger partial charge is 0.346 e. The minimum Gasteiger partial charge on any atom is -0.346 e. The standard InChI is InChI=1S/C12H13N3/c1-2-6-13-11(5-1)10-8-15-12-9(10)4-3-7-14-12/h1,3-5,7-8,11,13H,2,6H2,(H,14,15). The molecule has 0 amide bonds. The lowest BCUT2D eigenvalue weighted by molar-refractivity contribution is 0.604. The number of aromatic nitrogens is 2. The third-order valence-corrected chi connectivity index (χ3v) is 2.82. The second kappa shape index (κ2) is 3.51. The molecule has 1 aliphatic rings. The number of pyridine rings is 1. The van der Waals surface area contributed by atoms with Crippen molar-refractivity contribution in [3.63, 3.8) is 0 Å². The maximum absolute atomic E-state index is 4.29. The number of rotatable bonds is 1. The molecule has 76 valence electrons. The summed E-state index contributed by atoms with van der Waals surface area (Å²) in [5.41, 5.74) is 2.25. The number of fused-ring (bicyclic) bond motifs is 1. The molecular weight excluding hydrogens is 186 g/mol. The highest BCUT2D eigenvalue weighted by Crippen LogP contribution is 2.24. The summed E-state index contributed by atoms with van der Waals surface area (Å²) < 4.78 is 0.